The van der Waals surface area contributed by atoms with E-state index in [1.807, 2.05) is 4.90 Å². The van der Waals surface area contributed by atoms with Crippen molar-refractivity contribution in [2.24, 2.45) is 5.92 Å². The lowest BCUT2D eigenvalue weighted by Gasteiger charge is -2.30. The molecule has 0 spiro atoms. The molecule has 0 atom stereocenters. The first-order valence-electron chi connectivity index (χ1n) is 7.51. The number of carbonyl (C=O) groups is 1. The molecule has 0 bridgehead atoms. The minimum atomic E-state index is 0.0376. The summed E-state index contributed by atoms with van der Waals surface area (Å²) in [6.45, 7) is 5.19. The number of amides is 1. The first-order chi connectivity index (χ1) is 9.59. The van der Waals surface area contributed by atoms with E-state index in [9.17, 15) is 4.79 Å². The van der Waals surface area contributed by atoms with Crippen LogP contribution in [-0.4, -0.2) is 28.4 Å². The summed E-state index contributed by atoms with van der Waals surface area (Å²) >= 11 is 6.07. The van der Waals surface area contributed by atoms with Gasteiger partial charge in [0.1, 0.15) is 5.15 Å². The van der Waals surface area contributed by atoms with E-state index < -0.39 is 0 Å². The molecule has 0 saturated heterocycles. The van der Waals surface area contributed by atoms with Gasteiger partial charge >= 0.3 is 0 Å². The quantitative estimate of drug-likeness (QED) is 0.764. The molecule has 1 saturated carbocycles. The molecule has 4 heteroatoms. The molecule has 1 aromatic rings. The molecule has 0 N–H and O–H groups in total. The third-order valence-corrected chi connectivity index (χ3v) is 4.26. The lowest BCUT2D eigenvalue weighted by atomic mass is 10.1. The number of pyridine rings is 1. The Morgan fingerprint density at radius 3 is 2.75 bits per heavy atom. The number of halogens is 1. The Balaban J connectivity index is 2.16. The molecule has 1 fully saturated rings. The third-order valence-electron chi connectivity index (χ3n) is 3.96. The van der Waals surface area contributed by atoms with Gasteiger partial charge in [-0.3, -0.25) is 4.79 Å². The number of nitrogens with zero attached hydrogens (tertiary/aromatic N) is 2. The topological polar surface area (TPSA) is 33.2 Å². The zero-order valence-electron chi connectivity index (χ0n) is 12.3. The van der Waals surface area contributed by atoms with Crippen LogP contribution in [0, 0.1) is 5.92 Å². The van der Waals surface area contributed by atoms with Gasteiger partial charge in [-0.15, -0.1) is 0 Å². The Bertz CT molecular complexity index is 456. The van der Waals surface area contributed by atoms with Crippen LogP contribution in [0.2, 0.25) is 5.15 Å². The molecule has 1 aromatic heterocycles. The maximum atomic E-state index is 12.8. The first-order valence-corrected chi connectivity index (χ1v) is 7.89. The van der Waals surface area contributed by atoms with Crippen molar-refractivity contribution in [1.82, 2.24) is 9.88 Å². The van der Waals surface area contributed by atoms with E-state index in [-0.39, 0.29) is 5.91 Å². The molecular weight excluding hydrogens is 272 g/mol. The van der Waals surface area contributed by atoms with E-state index in [0.29, 0.717) is 22.7 Å². The van der Waals surface area contributed by atoms with Crippen molar-refractivity contribution in [2.45, 2.75) is 52.0 Å². The molecule has 1 heterocycles. The second kappa shape index (κ2) is 7.07. The van der Waals surface area contributed by atoms with Crippen LogP contribution in [0.25, 0.3) is 0 Å². The van der Waals surface area contributed by atoms with Crippen molar-refractivity contribution >= 4 is 17.5 Å². The van der Waals surface area contributed by atoms with Crippen molar-refractivity contribution in [2.75, 3.05) is 6.54 Å². The van der Waals surface area contributed by atoms with Gasteiger partial charge in [0.15, 0.2) is 0 Å². The van der Waals surface area contributed by atoms with Crippen LogP contribution < -0.4 is 0 Å². The molecule has 2 rings (SSSR count). The Labute approximate surface area is 126 Å². The van der Waals surface area contributed by atoms with Crippen LogP contribution in [0.3, 0.4) is 0 Å². The maximum Gasteiger partial charge on any atom is 0.257 e. The Morgan fingerprint density at radius 2 is 2.15 bits per heavy atom. The van der Waals surface area contributed by atoms with Gasteiger partial charge in [0.05, 0.1) is 5.56 Å². The van der Waals surface area contributed by atoms with Crippen molar-refractivity contribution in [3.05, 3.63) is 29.0 Å². The average molecular weight is 295 g/mol. The predicted octanol–water partition coefficient (Wildman–Crippen LogP) is 4.17. The Kier molecular flexibility index (Phi) is 5.41. The zero-order chi connectivity index (χ0) is 14.5. The Hall–Kier alpha value is -1.09. The van der Waals surface area contributed by atoms with Crippen LogP contribution in [0.5, 0.6) is 0 Å². The van der Waals surface area contributed by atoms with E-state index in [0.717, 1.165) is 25.8 Å². The normalized spacial score (nSPS) is 15.8. The van der Waals surface area contributed by atoms with Crippen molar-refractivity contribution in [3.8, 4) is 0 Å². The smallest absolute Gasteiger partial charge is 0.257 e. The van der Waals surface area contributed by atoms with Gasteiger partial charge in [-0.1, -0.05) is 38.3 Å². The van der Waals surface area contributed by atoms with Crippen LogP contribution in [-0.2, 0) is 0 Å². The second-order valence-corrected chi connectivity index (χ2v) is 6.32. The summed E-state index contributed by atoms with van der Waals surface area (Å²) in [5.74, 6) is 0.631. The van der Waals surface area contributed by atoms with E-state index >= 15 is 0 Å². The summed E-state index contributed by atoms with van der Waals surface area (Å²) in [6, 6.07) is 3.92. The molecule has 0 aromatic carbocycles. The van der Waals surface area contributed by atoms with Crippen molar-refractivity contribution in [3.63, 3.8) is 0 Å². The number of hydrogen-bond acceptors (Lipinski definition) is 2. The largest absolute Gasteiger partial charge is 0.336 e. The highest BCUT2D eigenvalue weighted by atomic mass is 35.5. The maximum absolute atomic E-state index is 12.8. The molecule has 0 aliphatic heterocycles. The highest BCUT2D eigenvalue weighted by molar-refractivity contribution is 6.32. The average Bonchev–Trinajstić information content (AvgIpc) is 2.93. The van der Waals surface area contributed by atoms with Gasteiger partial charge in [0.2, 0.25) is 0 Å². The van der Waals surface area contributed by atoms with Gasteiger partial charge in [0.25, 0.3) is 5.91 Å². The highest BCUT2D eigenvalue weighted by Crippen LogP contribution is 2.26. The molecule has 110 valence electrons. The lowest BCUT2D eigenvalue weighted by Crippen LogP contribution is -2.40. The summed E-state index contributed by atoms with van der Waals surface area (Å²) in [5.41, 5.74) is 0.532. The lowest BCUT2D eigenvalue weighted by molar-refractivity contribution is 0.0671. The van der Waals surface area contributed by atoms with E-state index in [1.54, 1.807) is 18.3 Å². The summed E-state index contributed by atoms with van der Waals surface area (Å²) in [6.07, 6.45) is 7.31. The zero-order valence-corrected chi connectivity index (χ0v) is 13.1. The summed E-state index contributed by atoms with van der Waals surface area (Å²) in [5, 5.41) is 0.310. The Morgan fingerprint density at radius 1 is 1.45 bits per heavy atom. The van der Waals surface area contributed by atoms with E-state index in [1.165, 1.54) is 12.8 Å². The summed E-state index contributed by atoms with van der Waals surface area (Å²) in [4.78, 5) is 18.8. The molecule has 20 heavy (non-hydrogen) atoms. The van der Waals surface area contributed by atoms with E-state index in [4.69, 9.17) is 11.6 Å². The summed E-state index contributed by atoms with van der Waals surface area (Å²) < 4.78 is 0. The summed E-state index contributed by atoms with van der Waals surface area (Å²) in [7, 11) is 0. The molecule has 0 unspecified atom stereocenters. The molecule has 0 radical (unpaired) electrons. The minimum Gasteiger partial charge on any atom is -0.336 e. The predicted molar refractivity (Wildman–Crippen MR) is 82.0 cm³/mol. The van der Waals surface area contributed by atoms with Crippen molar-refractivity contribution in [1.29, 1.82) is 0 Å². The molecule has 1 amide bonds. The fourth-order valence-electron chi connectivity index (χ4n) is 2.76. The number of aromatic nitrogens is 1. The molecule has 1 aliphatic carbocycles. The third kappa shape index (κ3) is 3.72. The second-order valence-electron chi connectivity index (χ2n) is 5.96. The van der Waals surface area contributed by atoms with Gasteiger partial charge < -0.3 is 4.90 Å². The van der Waals surface area contributed by atoms with Crippen molar-refractivity contribution < 1.29 is 4.79 Å². The fraction of sp³-hybridized carbons (Fsp3) is 0.625. The SMILES string of the molecule is CC(C)CCN(C(=O)c1cccnc1Cl)C1CCCC1. The number of carbonyl (C=O) groups excluding carboxylic acids is 1. The highest BCUT2D eigenvalue weighted by Gasteiger charge is 2.28. The van der Waals surface area contributed by atoms with Gasteiger partial charge in [-0.25, -0.2) is 4.98 Å². The number of hydrogen-bond donors (Lipinski definition) is 0. The fourth-order valence-corrected chi connectivity index (χ4v) is 2.96. The minimum absolute atomic E-state index is 0.0376. The van der Waals surface area contributed by atoms with Crippen LogP contribution >= 0.6 is 11.6 Å². The van der Waals surface area contributed by atoms with Gasteiger partial charge in [0, 0.05) is 18.8 Å². The van der Waals surface area contributed by atoms with Crippen LogP contribution in [0.15, 0.2) is 18.3 Å². The standard InChI is InChI=1S/C16H23ClN2O/c1-12(2)9-11-19(13-6-3-4-7-13)16(20)14-8-5-10-18-15(14)17/h5,8,10,12-13H,3-4,6-7,9,11H2,1-2H3. The van der Waals surface area contributed by atoms with Crippen LogP contribution in [0.1, 0.15) is 56.3 Å². The van der Waals surface area contributed by atoms with Gasteiger partial charge in [-0.2, -0.15) is 0 Å². The monoisotopic (exact) mass is 294 g/mol. The van der Waals surface area contributed by atoms with E-state index in [2.05, 4.69) is 18.8 Å². The molecule has 1 aliphatic rings. The van der Waals surface area contributed by atoms with Crippen LogP contribution in [0.4, 0.5) is 0 Å². The first kappa shape index (κ1) is 15.3. The number of rotatable bonds is 5. The molecular formula is C16H23ClN2O. The molecule has 3 nitrogen and oxygen atoms in total. The van der Waals surface area contributed by atoms with Gasteiger partial charge in [-0.05, 0) is 37.3 Å².